The number of aryl methyl sites for hydroxylation is 1. The Labute approximate surface area is 146 Å². The lowest BCUT2D eigenvalue weighted by molar-refractivity contribution is 0.0907. The first-order valence-corrected chi connectivity index (χ1v) is 8.32. The predicted molar refractivity (Wildman–Crippen MR) is 97.9 cm³/mol. The highest BCUT2D eigenvalue weighted by Crippen LogP contribution is 2.20. The molecule has 0 saturated carbocycles. The van der Waals surface area contributed by atoms with Crippen LogP contribution >= 0.6 is 0 Å². The number of nitrogens with zero attached hydrogens (tertiary/aromatic N) is 1. The molecule has 0 saturated heterocycles. The fraction of sp³-hybridized carbons (Fsp3) is 0.250. The molecular formula is C20H22N2O3. The molecule has 0 aliphatic heterocycles. The maximum atomic E-state index is 12.6. The van der Waals surface area contributed by atoms with Gasteiger partial charge in [-0.05, 0) is 36.8 Å². The van der Waals surface area contributed by atoms with E-state index in [1.165, 1.54) is 0 Å². The van der Waals surface area contributed by atoms with Crippen LogP contribution in [0.5, 0.6) is 5.75 Å². The molecule has 0 aliphatic carbocycles. The zero-order chi connectivity index (χ0) is 17.8. The Hall–Kier alpha value is -2.79. The normalized spacial score (nSPS) is 12.1. The SMILES string of the molecule is CCn1c(C(=O)NC[C@H](O)c2ccc(OC)cc2)cc2ccccc21. The van der Waals surface area contributed by atoms with Crippen molar-refractivity contribution in [2.24, 2.45) is 0 Å². The molecule has 5 heteroatoms. The van der Waals surface area contributed by atoms with Crippen LogP contribution in [-0.4, -0.2) is 29.2 Å². The van der Waals surface area contributed by atoms with Gasteiger partial charge >= 0.3 is 0 Å². The third-order valence-electron chi connectivity index (χ3n) is 4.32. The number of para-hydroxylation sites is 1. The van der Waals surface area contributed by atoms with E-state index in [9.17, 15) is 9.90 Å². The number of rotatable bonds is 6. The lowest BCUT2D eigenvalue weighted by Crippen LogP contribution is -2.30. The summed E-state index contributed by atoms with van der Waals surface area (Å²) in [6, 6.07) is 16.9. The highest BCUT2D eigenvalue weighted by Gasteiger charge is 2.16. The standard InChI is InChI=1S/C20H22N2O3/c1-3-22-17-7-5-4-6-15(17)12-18(22)20(24)21-13-19(23)14-8-10-16(25-2)11-9-14/h4-12,19,23H,3,13H2,1-2H3,(H,21,24)/t19-/m0/s1. The number of hydrogen-bond acceptors (Lipinski definition) is 3. The molecule has 2 aromatic carbocycles. The van der Waals surface area contributed by atoms with Gasteiger partial charge in [-0.25, -0.2) is 0 Å². The number of aliphatic hydroxyl groups is 1. The van der Waals surface area contributed by atoms with Crippen LogP contribution in [0.3, 0.4) is 0 Å². The molecule has 5 nitrogen and oxygen atoms in total. The van der Waals surface area contributed by atoms with Crippen molar-refractivity contribution < 1.29 is 14.6 Å². The van der Waals surface area contributed by atoms with Gasteiger partial charge in [-0.2, -0.15) is 0 Å². The van der Waals surface area contributed by atoms with E-state index in [1.54, 1.807) is 31.4 Å². The molecule has 0 fully saturated rings. The van der Waals surface area contributed by atoms with Crippen molar-refractivity contribution in [2.45, 2.75) is 19.6 Å². The number of carbonyl (C=O) groups excluding carboxylic acids is 1. The number of hydrogen-bond donors (Lipinski definition) is 2. The van der Waals surface area contributed by atoms with Crippen LogP contribution in [0.2, 0.25) is 0 Å². The summed E-state index contributed by atoms with van der Waals surface area (Å²) in [5, 5.41) is 14.1. The van der Waals surface area contributed by atoms with Crippen molar-refractivity contribution in [3.8, 4) is 5.75 Å². The fourth-order valence-electron chi connectivity index (χ4n) is 2.96. The maximum absolute atomic E-state index is 12.6. The van der Waals surface area contributed by atoms with E-state index in [4.69, 9.17) is 4.74 Å². The molecule has 2 N–H and O–H groups in total. The summed E-state index contributed by atoms with van der Waals surface area (Å²) in [5.41, 5.74) is 2.37. The number of benzene rings is 2. The average molecular weight is 338 g/mol. The van der Waals surface area contributed by atoms with Crippen LogP contribution in [0.4, 0.5) is 0 Å². The molecule has 25 heavy (non-hydrogen) atoms. The predicted octanol–water partition coefficient (Wildman–Crippen LogP) is 3.13. The number of amides is 1. The first-order valence-electron chi connectivity index (χ1n) is 8.32. The summed E-state index contributed by atoms with van der Waals surface area (Å²) >= 11 is 0. The molecule has 0 radical (unpaired) electrons. The van der Waals surface area contributed by atoms with E-state index in [0.29, 0.717) is 12.2 Å². The van der Waals surface area contributed by atoms with E-state index >= 15 is 0 Å². The zero-order valence-electron chi connectivity index (χ0n) is 14.4. The quantitative estimate of drug-likeness (QED) is 0.726. The average Bonchev–Trinajstić information content (AvgIpc) is 3.04. The molecule has 1 atom stereocenters. The van der Waals surface area contributed by atoms with E-state index in [2.05, 4.69) is 5.32 Å². The van der Waals surface area contributed by atoms with E-state index in [-0.39, 0.29) is 12.5 Å². The van der Waals surface area contributed by atoms with Gasteiger partial charge < -0.3 is 19.7 Å². The molecule has 130 valence electrons. The first kappa shape index (κ1) is 17.0. The van der Waals surface area contributed by atoms with Gasteiger partial charge in [0.25, 0.3) is 5.91 Å². The lowest BCUT2D eigenvalue weighted by atomic mass is 10.1. The molecule has 3 rings (SSSR count). The van der Waals surface area contributed by atoms with Gasteiger partial charge in [0.15, 0.2) is 0 Å². The van der Waals surface area contributed by atoms with Gasteiger partial charge in [0.05, 0.1) is 13.2 Å². The number of nitrogens with one attached hydrogen (secondary N) is 1. The van der Waals surface area contributed by atoms with Gasteiger partial charge in [-0.3, -0.25) is 4.79 Å². The third kappa shape index (κ3) is 3.51. The summed E-state index contributed by atoms with van der Waals surface area (Å²) in [5.74, 6) is 0.540. The van der Waals surface area contributed by atoms with Crippen molar-refractivity contribution in [3.05, 3.63) is 65.9 Å². The summed E-state index contributed by atoms with van der Waals surface area (Å²) in [6.45, 7) is 2.86. The Morgan fingerprint density at radius 3 is 2.60 bits per heavy atom. The Morgan fingerprint density at radius 2 is 1.92 bits per heavy atom. The smallest absolute Gasteiger partial charge is 0.268 e. The Kier molecular flexibility index (Phi) is 5.05. The van der Waals surface area contributed by atoms with E-state index in [0.717, 1.165) is 22.2 Å². The zero-order valence-corrected chi connectivity index (χ0v) is 14.4. The van der Waals surface area contributed by atoms with Crippen LogP contribution in [0.15, 0.2) is 54.6 Å². The molecule has 1 aromatic heterocycles. The van der Waals surface area contributed by atoms with Crippen molar-refractivity contribution in [2.75, 3.05) is 13.7 Å². The van der Waals surface area contributed by atoms with Gasteiger partial charge in [0.1, 0.15) is 11.4 Å². The van der Waals surface area contributed by atoms with Crippen LogP contribution in [0.1, 0.15) is 29.1 Å². The number of methoxy groups -OCH3 is 1. The van der Waals surface area contributed by atoms with Crippen LogP contribution in [0, 0.1) is 0 Å². The maximum Gasteiger partial charge on any atom is 0.268 e. The van der Waals surface area contributed by atoms with Crippen LogP contribution < -0.4 is 10.1 Å². The number of aromatic nitrogens is 1. The highest BCUT2D eigenvalue weighted by molar-refractivity contribution is 5.98. The van der Waals surface area contributed by atoms with Crippen molar-refractivity contribution in [1.29, 1.82) is 0 Å². The number of carbonyl (C=O) groups is 1. The summed E-state index contributed by atoms with van der Waals surface area (Å²) < 4.78 is 7.08. The summed E-state index contributed by atoms with van der Waals surface area (Å²) in [6.07, 6.45) is -0.769. The monoisotopic (exact) mass is 338 g/mol. The lowest BCUT2D eigenvalue weighted by Gasteiger charge is -2.14. The number of ether oxygens (including phenoxy) is 1. The van der Waals surface area contributed by atoms with Crippen molar-refractivity contribution in [1.82, 2.24) is 9.88 Å². The second-order valence-electron chi connectivity index (χ2n) is 5.83. The van der Waals surface area contributed by atoms with E-state index in [1.807, 2.05) is 41.8 Å². The van der Waals surface area contributed by atoms with Crippen LogP contribution in [0.25, 0.3) is 10.9 Å². The van der Waals surface area contributed by atoms with Crippen LogP contribution in [-0.2, 0) is 6.54 Å². The second kappa shape index (κ2) is 7.40. The molecular weight excluding hydrogens is 316 g/mol. The van der Waals surface area contributed by atoms with Gasteiger partial charge in [-0.1, -0.05) is 30.3 Å². The Bertz CT molecular complexity index is 868. The largest absolute Gasteiger partial charge is 0.497 e. The Balaban J connectivity index is 1.71. The second-order valence-corrected chi connectivity index (χ2v) is 5.83. The number of fused-ring (bicyclic) bond motifs is 1. The van der Waals surface area contributed by atoms with E-state index < -0.39 is 6.10 Å². The highest BCUT2D eigenvalue weighted by atomic mass is 16.5. The molecule has 1 amide bonds. The third-order valence-corrected chi connectivity index (χ3v) is 4.32. The van der Waals surface area contributed by atoms with Crippen molar-refractivity contribution >= 4 is 16.8 Å². The fourth-order valence-corrected chi connectivity index (χ4v) is 2.96. The summed E-state index contributed by atoms with van der Waals surface area (Å²) in [7, 11) is 1.60. The molecule has 0 unspecified atom stereocenters. The molecule has 3 aromatic rings. The number of aliphatic hydroxyl groups excluding tert-OH is 1. The molecule has 0 aliphatic rings. The first-order chi connectivity index (χ1) is 12.1. The minimum absolute atomic E-state index is 0.149. The van der Waals surface area contributed by atoms with Gasteiger partial charge in [0.2, 0.25) is 0 Å². The molecule has 0 bridgehead atoms. The topological polar surface area (TPSA) is 63.5 Å². The van der Waals surface area contributed by atoms with Gasteiger partial charge in [0, 0.05) is 24.0 Å². The summed E-state index contributed by atoms with van der Waals surface area (Å²) in [4.78, 5) is 12.6. The molecule has 0 spiro atoms. The Morgan fingerprint density at radius 1 is 1.20 bits per heavy atom. The molecule has 1 heterocycles. The minimum Gasteiger partial charge on any atom is -0.497 e. The van der Waals surface area contributed by atoms with Crippen molar-refractivity contribution in [3.63, 3.8) is 0 Å². The minimum atomic E-state index is -0.769. The van der Waals surface area contributed by atoms with Gasteiger partial charge in [-0.15, -0.1) is 0 Å².